The molecule has 0 aliphatic heterocycles. The van der Waals surface area contributed by atoms with E-state index in [1.807, 2.05) is 6.92 Å². The molecule has 0 unspecified atom stereocenters. The van der Waals surface area contributed by atoms with E-state index in [0.29, 0.717) is 39.6 Å². The lowest BCUT2D eigenvalue weighted by atomic mass is 10.3. The predicted molar refractivity (Wildman–Crippen MR) is 89.7 cm³/mol. The van der Waals surface area contributed by atoms with Crippen LogP contribution in [0.15, 0.2) is 0 Å². The zero-order chi connectivity index (χ0) is 16.1. The fourth-order valence-corrected chi connectivity index (χ4v) is 1.64. The van der Waals surface area contributed by atoms with E-state index >= 15 is 0 Å². The molecule has 0 saturated carbocycles. The van der Waals surface area contributed by atoms with Crippen LogP contribution in [-0.2, 0) is 23.7 Å². The molecule has 0 spiro atoms. The summed E-state index contributed by atoms with van der Waals surface area (Å²) in [6, 6.07) is 0. The number of ether oxygens (including phenoxy) is 5. The highest BCUT2D eigenvalue weighted by Crippen LogP contribution is 1.92. The number of nitrogens with one attached hydrogen (secondary N) is 1. The zero-order valence-corrected chi connectivity index (χ0v) is 14.4. The Morgan fingerprint density at radius 1 is 0.591 bits per heavy atom. The fourth-order valence-electron chi connectivity index (χ4n) is 1.64. The van der Waals surface area contributed by atoms with Gasteiger partial charge in [0, 0.05) is 27.8 Å². The minimum absolute atomic E-state index is 0. The Labute approximate surface area is 137 Å². The first-order valence-corrected chi connectivity index (χ1v) is 8.51. The van der Waals surface area contributed by atoms with Gasteiger partial charge in [0.1, 0.15) is 0 Å². The van der Waals surface area contributed by atoms with Crippen LogP contribution in [0.5, 0.6) is 0 Å². The van der Waals surface area contributed by atoms with E-state index in [9.17, 15) is 0 Å². The number of rotatable bonds is 19. The van der Waals surface area contributed by atoms with Crippen molar-refractivity contribution in [3.05, 3.63) is 0 Å². The number of likely N-dealkylation sites (N-methyl/N-ethyl adjacent to an activating group) is 1. The Bertz CT molecular complexity index is 181. The lowest BCUT2D eigenvalue weighted by molar-refractivity contribution is 0.0137. The van der Waals surface area contributed by atoms with Gasteiger partial charge < -0.3 is 29.0 Å². The van der Waals surface area contributed by atoms with Crippen LogP contribution >= 0.6 is 0 Å². The van der Waals surface area contributed by atoms with E-state index in [-0.39, 0.29) is 1.43 Å². The molecule has 0 radical (unpaired) electrons. The summed E-state index contributed by atoms with van der Waals surface area (Å²) in [5.74, 6) is 0. The lowest BCUT2D eigenvalue weighted by Gasteiger charge is -2.07. The molecule has 0 aromatic heterocycles. The van der Waals surface area contributed by atoms with Gasteiger partial charge in [0.15, 0.2) is 0 Å². The Kier molecular flexibility index (Phi) is 20.5. The molecule has 0 aliphatic carbocycles. The normalized spacial score (nSPS) is 11.2. The standard InChI is InChI=1S/C16H35NO5.H2/c1-3-17-7-10-21-15-13-19-8-5-6-9-20-14-16-22-12-11-18-4-2;/h17H,3-16H2,1-2H3;1H. The summed E-state index contributed by atoms with van der Waals surface area (Å²) >= 11 is 0. The molecule has 6 heteroatoms. The summed E-state index contributed by atoms with van der Waals surface area (Å²) in [7, 11) is 0. The smallest absolute Gasteiger partial charge is 0.0701 e. The van der Waals surface area contributed by atoms with Gasteiger partial charge in [-0.25, -0.2) is 0 Å². The first-order valence-electron chi connectivity index (χ1n) is 8.51. The zero-order valence-electron chi connectivity index (χ0n) is 14.4. The second-order valence-electron chi connectivity index (χ2n) is 4.71. The van der Waals surface area contributed by atoms with E-state index < -0.39 is 0 Å². The van der Waals surface area contributed by atoms with Crippen LogP contribution in [0.4, 0.5) is 0 Å². The highest BCUT2D eigenvalue weighted by molar-refractivity contribution is 4.42. The maximum absolute atomic E-state index is 5.48. The molecule has 0 heterocycles. The van der Waals surface area contributed by atoms with Crippen LogP contribution in [0.3, 0.4) is 0 Å². The van der Waals surface area contributed by atoms with E-state index in [2.05, 4.69) is 12.2 Å². The molecule has 0 atom stereocenters. The Hall–Kier alpha value is -0.240. The first kappa shape index (κ1) is 21.8. The number of hydrogen-bond acceptors (Lipinski definition) is 6. The Morgan fingerprint density at radius 3 is 1.55 bits per heavy atom. The van der Waals surface area contributed by atoms with Crippen LogP contribution in [0.25, 0.3) is 0 Å². The third-order valence-electron chi connectivity index (χ3n) is 2.82. The van der Waals surface area contributed by atoms with E-state index in [4.69, 9.17) is 23.7 Å². The van der Waals surface area contributed by atoms with Crippen LogP contribution in [0.2, 0.25) is 0 Å². The molecule has 0 aromatic rings. The Balaban J connectivity index is 0. The SMILES string of the molecule is CCNCCOCCOCCCCOCCOCCOCC.[HH]. The third-order valence-corrected chi connectivity index (χ3v) is 2.82. The highest BCUT2D eigenvalue weighted by atomic mass is 16.5. The van der Waals surface area contributed by atoms with Gasteiger partial charge >= 0.3 is 0 Å². The predicted octanol–water partition coefficient (Wildman–Crippen LogP) is 1.73. The Morgan fingerprint density at radius 2 is 1.05 bits per heavy atom. The topological polar surface area (TPSA) is 58.2 Å². The van der Waals surface area contributed by atoms with Gasteiger partial charge in [0.25, 0.3) is 0 Å². The molecule has 22 heavy (non-hydrogen) atoms. The third kappa shape index (κ3) is 19.8. The second-order valence-corrected chi connectivity index (χ2v) is 4.71. The maximum atomic E-state index is 5.48. The van der Waals surface area contributed by atoms with Gasteiger partial charge in [-0.3, -0.25) is 0 Å². The summed E-state index contributed by atoms with van der Waals surface area (Å²) < 4.78 is 26.9. The van der Waals surface area contributed by atoms with Gasteiger partial charge in [0.05, 0.1) is 46.2 Å². The molecule has 1 N–H and O–H groups in total. The molecule has 0 aliphatic rings. The summed E-state index contributed by atoms with van der Waals surface area (Å²) in [5, 5.41) is 3.21. The minimum Gasteiger partial charge on any atom is -0.379 e. The van der Waals surface area contributed by atoms with E-state index in [0.717, 1.165) is 52.4 Å². The van der Waals surface area contributed by atoms with E-state index in [1.54, 1.807) is 0 Å². The summed E-state index contributed by atoms with van der Waals surface area (Å²) in [5.41, 5.74) is 0. The largest absolute Gasteiger partial charge is 0.379 e. The molecule has 0 aromatic carbocycles. The van der Waals surface area contributed by atoms with Gasteiger partial charge in [0.2, 0.25) is 0 Å². The quantitative estimate of drug-likeness (QED) is 0.365. The molecule has 6 nitrogen and oxygen atoms in total. The first-order chi connectivity index (χ1) is 10.9. The second kappa shape index (κ2) is 20.8. The van der Waals surface area contributed by atoms with Gasteiger partial charge in [-0.1, -0.05) is 6.92 Å². The van der Waals surface area contributed by atoms with Crippen LogP contribution in [0, 0.1) is 0 Å². The maximum Gasteiger partial charge on any atom is 0.0701 e. The highest BCUT2D eigenvalue weighted by Gasteiger charge is 1.93. The van der Waals surface area contributed by atoms with E-state index in [1.165, 1.54) is 0 Å². The number of unbranched alkanes of at least 4 members (excludes halogenated alkanes) is 1. The van der Waals surface area contributed by atoms with Crippen molar-refractivity contribution in [2.75, 3.05) is 79.2 Å². The molecule has 0 bridgehead atoms. The van der Waals surface area contributed by atoms with Crippen molar-refractivity contribution in [1.82, 2.24) is 5.32 Å². The minimum atomic E-state index is 0. The van der Waals surface area contributed by atoms with Crippen LogP contribution in [-0.4, -0.2) is 79.2 Å². The van der Waals surface area contributed by atoms with Crippen molar-refractivity contribution in [2.24, 2.45) is 0 Å². The van der Waals surface area contributed by atoms with Crippen LogP contribution in [0.1, 0.15) is 28.1 Å². The molecule has 0 rings (SSSR count). The van der Waals surface area contributed by atoms with Crippen molar-refractivity contribution >= 4 is 0 Å². The van der Waals surface area contributed by atoms with Gasteiger partial charge in [-0.15, -0.1) is 0 Å². The van der Waals surface area contributed by atoms with Gasteiger partial charge in [-0.05, 0) is 26.3 Å². The van der Waals surface area contributed by atoms with Crippen LogP contribution < -0.4 is 5.32 Å². The average Bonchev–Trinajstić information content (AvgIpc) is 2.54. The molecule has 0 amide bonds. The van der Waals surface area contributed by atoms with Crippen molar-refractivity contribution in [2.45, 2.75) is 26.7 Å². The van der Waals surface area contributed by atoms with Gasteiger partial charge in [-0.2, -0.15) is 0 Å². The monoisotopic (exact) mass is 323 g/mol. The molecular weight excluding hydrogens is 286 g/mol. The number of hydrogen-bond donors (Lipinski definition) is 1. The molecule has 0 saturated heterocycles. The summed E-state index contributed by atoms with van der Waals surface area (Å²) in [6.45, 7) is 12.9. The molecular formula is C16H37NO5. The van der Waals surface area contributed by atoms with Crippen molar-refractivity contribution in [3.8, 4) is 0 Å². The summed E-state index contributed by atoms with van der Waals surface area (Å²) in [4.78, 5) is 0. The van der Waals surface area contributed by atoms with Crippen molar-refractivity contribution in [3.63, 3.8) is 0 Å². The molecule has 0 fully saturated rings. The van der Waals surface area contributed by atoms with Crippen molar-refractivity contribution in [1.29, 1.82) is 0 Å². The molecule has 136 valence electrons. The lowest BCUT2D eigenvalue weighted by Crippen LogP contribution is -2.20. The average molecular weight is 323 g/mol. The summed E-state index contributed by atoms with van der Waals surface area (Å²) in [6.07, 6.45) is 2.03. The fraction of sp³-hybridized carbons (Fsp3) is 1.00. The van der Waals surface area contributed by atoms with Crippen molar-refractivity contribution < 1.29 is 25.1 Å².